The fourth-order valence-electron chi connectivity index (χ4n) is 1.23. The number of methoxy groups -OCH3 is 1. The standard InChI is InChI=1S/C9H7F2NO4/c1-4-7(11)5(9(13)16-2)3-6(10)8(4)12(14)15/h3H,1-2H3. The van der Waals surface area contributed by atoms with Crippen molar-refractivity contribution >= 4 is 11.7 Å². The molecule has 0 N–H and O–H groups in total. The number of rotatable bonds is 2. The molecule has 0 fully saturated rings. The largest absolute Gasteiger partial charge is 0.465 e. The van der Waals surface area contributed by atoms with Gasteiger partial charge in [-0.15, -0.1) is 0 Å². The van der Waals surface area contributed by atoms with Crippen LogP contribution in [0.3, 0.4) is 0 Å². The normalized spacial score (nSPS) is 10.0. The Morgan fingerprint density at radius 1 is 1.50 bits per heavy atom. The fourth-order valence-corrected chi connectivity index (χ4v) is 1.23. The highest BCUT2D eigenvalue weighted by atomic mass is 19.1. The molecule has 0 saturated carbocycles. The first-order valence-corrected chi connectivity index (χ1v) is 4.11. The Balaban J connectivity index is 3.51. The van der Waals surface area contributed by atoms with Crippen LogP contribution in [-0.4, -0.2) is 18.0 Å². The fraction of sp³-hybridized carbons (Fsp3) is 0.222. The van der Waals surface area contributed by atoms with E-state index in [1.165, 1.54) is 0 Å². The summed E-state index contributed by atoms with van der Waals surface area (Å²) in [6, 6.07) is 0.451. The lowest BCUT2D eigenvalue weighted by Crippen LogP contribution is -2.09. The third kappa shape index (κ3) is 1.83. The highest BCUT2D eigenvalue weighted by molar-refractivity contribution is 5.90. The van der Waals surface area contributed by atoms with Gasteiger partial charge in [-0.3, -0.25) is 10.1 Å². The minimum absolute atomic E-state index is 0.451. The second-order valence-electron chi connectivity index (χ2n) is 2.94. The van der Waals surface area contributed by atoms with Crippen molar-refractivity contribution in [1.82, 2.24) is 0 Å². The molecule has 0 saturated heterocycles. The maximum Gasteiger partial charge on any atom is 0.340 e. The summed E-state index contributed by atoms with van der Waals surface area (Å²) in [4.78, 5) is 20.4. The van der Waals surface area contributed by atoms with Gasteiger partial charge >= 0.3 is 11.7 Å². The van der Waals surface area contributed by atoms with E-state index in [1.807, 2.05) is 0 Å². The predicted molar refractivity (Wildman–Crippen MR) is 49.1 cm³/mol. The van der Waals surface area contributed by atoms with Gasteiger partial charge in [0.15, 0.2) is 0 Å². The molecule has 0 aromatic heterocycles. The summed E-state index contributed by atoms with van der Waals surface area (Å²) in [5.74, 6) is -3.52. The van der Waals surface area contributed by atoms with Gasteiger partial charge in [-0.05, 0) is 13.0 Å². The number of carbonyl (C=O) groups is 1. The van der Waals surface area contributed by atoms with Gasteiger partial charge in [-0.25, -0.2) is 9.18 Å². The van der Waals surface area contributed by atoms with Crippen molar-refractivity contribution in [3.8, 4) is 0 Å². The zero-order chi connectivity index (χ0) is 12.5. The number of halogens is 2. The van der Waals surface area contributed by atoms with E-state index in [2.05, 4.69) is 4.74 Å². The summed E-state index contributed by atoms with van der Waals surface area (Å²) in [7, 11) is 0.996. The molecule has 1 aromatic carbocycles. The zero-order valence-electron chi connectivity index (χ0n) is 8.41. The number of nitro benzene ring substituents is 1. The van der Waals surface area contributed by atoms with E-state index in [1.54, 1.807) is 0 Å². The van der Waals surface area contributed by atoms with E-state index in [9.17, 15) is 23.7 Å². The van der Waals surface area contributed by atoms with Crippen molar-refractivity contribution in [3.63, 3.8) is 0 Å². The van der Waals surface area contributed by atoms with Gasteiger partial charge in [-0.1, -0.05) is 0 Å². The van der Waals surface area contributed by atoms with E-state index >= 15 is 0 Å². The molecule has 0 aliphatic heterocycles. The summed E-state index contributed by atoms with van der Waals surface area (Å²) in [5, 5.41) is 10.4. The molecule has 7 heteroatoms. The van der Waals surface area contributed by atoms with Crippen LogP contribution in [0.4, 0.5) is 14.5 Å². The van der Waals surface area contributed by atoms with Crippen molar-refractivity contribution in [3.05, 3.63) is 38.9 Å². The zero-order valence-corrected chi connectivity index (χ0v) is 8.41. The molecule has 5 nitrogen and oxygen atoms in total. The van der Waals surface area contributed by atoms with Crippen LogP contribution < -0.4 is 0 Å². The second kappa shape index (κ2) is 4.21. The Hall–Kier alpha value is -2.05. The topological polar surface area (TPSA) is 69.4 Å². The van der Waals surface area contributed by atoms with Gasteiger partial charge < -0.3 is 4.74 Å². The minimum Gasteiger partial charge on any atom is -0.465 e. The maximum atomic E-state index is 13.5. The first kappa shape index (κ1) is 12.0. The Morgan fingerprint density at radius 3 is 2.50 bits per heavy atom. The third-order valence-corrected chi connectivity index (χ3v) is 2.01. The molecule has 0 radical (unpaired) electrons. The lowest BCUT2D eigenvalue weighted by molar-refractivity contribution is -0.388. The lowest BCUT2D eigenvalue weighted by atomic mass is 10.1. The van der Waals surface area contributed by atoms with Gasteiger partial charge in [0.2, 0.25) is 5.82 Å². The van der Waals surface area contributed by atoms with Crippen LogP contribution in [0.5, 0.6) is 0 Å². The lowest BCUT2D eigenvalue weighted by Gasteiger charge is -2.05. The quantitative estimate of drug-likeness (QED) is 0.443. The van der Waals surface area contributed by atoms with E-state index in [4.69, 9.17) is 0 Å². The molecule has 0 heterocycles. The van der Waals surface area contributed by atoms with Crippen LogP contribution in [0, 0.1) is 28.7 Å². The highest BCUT2D eigenvalue weighted by Crippen LogP contribution is 2.27. The molecule has 0 unspecified atom stereocenters. The van der Waals surface area contributed by atoms with Crippen LogP contribution in [-0.2, 0) is 4.74 Å². The van der Waals surface area contributed by atoms with Crippen molar-refractivity contribution in [1.29, 1.82) is 0 Å². The van der Waals surface area contributed by atoms with Gasteiger partial charge in [-0.2, -0.15) is 4.39 Å². The molecule has 0 atom stereocenters. The van der Waals surface area contributed by atoms with Crippen LogP contribution in [0.2, 0.25) is 0 Å². The minimum atomic E-state index is -1.27. The number of benzene rings is 1. The van der Waals surface area contributed by atoms with Crippen molar-refractivity contribution in [2.45, 2.75) is 6.92 Å². The summed E-state index contributed by atoms with van der Waals surface area (Å²) in [6.45, 7) is 1.02. The second-order valence-corrected chi connectivity index (χ2v) is 2.94. The highest BCUT2D eigenvalue weighted by Gasteiger charge is 2.27. The molecule has 1 rings (SSSR count). The Kier molecular flexibility index (Phi) is 3.17. The Morgan fingerprint density at radius 2 is 2.06 bits per heavy atom. The molecule has 0 amide bonds. The first-order chi connectivity index (χ1) is 7.40. The molecular weight excluding hydrogens is 224 g/mol. The van der Waals surface area contributed by atoms with Gasteiger partial charge in [0.25, 0.3) is 0 Å². The van der Waals surface area contributed by atoms with Gasteiger partial charge in [0, 0.05) is 0 Å². The Labute approximate surface area is 88.8 Å². The number of esters is 1. The first-order valence-electron chi connectivity index (χ1n) is 4.11. The molecule has 0 aliphatic carbocycles. The predicted octanol–water partition coefficient (Wildman–Crippen LogP) is 1.97. The number of hydrogen-bond acceptors (Lipinski definition) is 4. The van der Waals surface area contributed by atoms with Crippen LogP contribution >= 0.6 is 0 Å². The third-order valence-electron chi connectivity index (χ3n) is 2.01. The van der Waals surface area contributed by atoms with Crippen molar-refractivity contribution in [2.24, 2.45) is 0 Å². The van der Waals surface area contributed by atoms with E-state index in [0.29, 0.717) is 6.07 Å². The molecule has 0 aliphatic rings. The van der Waals surface area contributed by atoms with Crippen molar-refractivity contribution in [2.75, 3.05) is 7.11 Å². The number of carbonyl (C=O) groups excluding carboxylic acids is 1. The van der Waals surface area contributed by atoms with E-state index in [0.717, 1.165) is 14.0 Å². The molecule has 0 bridgehead atoms. The SMILES string of the molecule is COC(=O)c1cc(F)c([N+](=O)[O-])c(C)c1F. The summed E-state index contributed by atoms with van der Waals surface area (Å²) in [6.07, 6.45) is 0. The Bertz CT molecular complexity index is 473. The molecule has 1 aromatic rings. The average Bonchev–Trinajstić information content (AvgIpc) is 2.22. The summed E-state index contributed by atoms with van der Waals surface area (Å²) < 4.78 is 30.9. The number of nitrogens with zero attached hydrogens (tertiary/aromatic N) is 1. The van der Waals surface area contributed by atoms with E-state index < -0.39 is 39.3 Å². The monoisotopic (exact) mass is 231 g/mol. The molecular formula is C9H7F2NO4. The van der Waals surface area contributed by atoms with Crippen LogP contribution in [0.25, 0.3) is 0 Å². The number of nitro groups is 1. The van der Waals surface area contributed by atoms with Gasteiger partial charge in [0.05, 0.1) is 23.2 Å². The van der Waals surface area contributed by atoms with Crippen molar-refractivity contribution < 1.29 is 23.2 Å². The molecule has 86 valence electrons. The maximum absolute atomic E-state index is 13.5. The van der Waals surface area contributed by atoms with Crippen LogP contribution in [0.15, 0.2) is 6.07 Å². The molecule has 16 heavy (non-hydrogen) atoms. The average molecular weight is 231 g/mol. The van der Waals surface area contributed by atoms with E-state index in [-0.39, 0.29) is 0 Å². The smallest absolute Gasteiger partial charge is 0.340 e. The summed E-state index contributed by atoms with van der Waals surface area (Å²) >= 11 is 0. The number of hydrogen-bond donors (Lipinski definition) is 0. The van der Waals surface area contributed by atoms with Gasteiger partial charge in [0.1, 0.15) is 5.82 Å². The summed E-state index contributed by atoms with van der Waals surface area (Å²) in [5.41, 5.74) is -2.18. The molecule has 0 spiro atoms. The van der Waals surface area contributed by atoms with Crippen LogP contribution in [0.1, 0.15) is 15.9 Å². The number of ether oxygens (including phenoxy) is 1.